The van der Waals surface area contributed by atoms with Crippen LogP contribution in [0.25, 0.3) is 10.9 Å². The summed E-state index contributed by atoms with van der Waals surface area (Å²) in [6.45, 7) is 4.31. The molecule has 4 rings (SSSR count). The maximum atomic E-state index is 11.5. The highest BCUT2D eigenvalue weighted by atomic mass is 35.5. The highest BCUT2D eigenvalue weighted by Gasteiger charge is 2.22. The molecule has 2 aromatic heterocycles. The van der Waals surface area contributed by atoms with Crippen LogP contribution in [0.1, 0.15) is 37.2 Å². The third-order valence-corrected chi connectivity index (χ3v) is 5.31. The molecule has 0 spiro atoms. The van der Waals surface area contributed by atoms with E-state index in [1.165, 1.54) is 0 Å². The second-order valence-corrected chi connectivity index (χ2v) is 7.76. The predicted molar refractivity (Wildman–Crippen MR) is 117 cm³/mol. The molecule has 0 radical (unpaired) electrons. The molecule has 0 saturated carbocycles. The fourth-order valence-electron chi connectivity index (χ4n) is 3.51. The first-order valence-electron chi connectivity index (χ1n) is 9.76. The number of anilines is 3. The number of pyridine rings is 1. The van der Waals surface area contributed by atoms with Crippen molar-refractivity contribution in [2.24, 2.45) is 0 Å². The molecule has 1 aliphatic rings. The van der Waals surface area contributed by atoms with E-state index in [1.54, 1.807) is 6.92 Å². The molecular formula is C20H23ClN8O. The van der Waals surface area contributed by atoms with Crippen molar-refractivity contribution in [1.82, 2.24) is 25.3 Å². The fraction of sp³-hybridized carbons (Fsp3) is 0.350. The molecule has 30 heavy (non-hydrogen) atoms. The Morgan fingerprint density at radius 3 is 2.83 bits per heavy atom. The van der Waals surface area contributed by atoms with Crippen LogP contribution in [0.4, 0.5) is 17.7 Å². The lowest BCUT2D eigenvalue weighted by Crippen LogP contribution is -2.42. The summed E-state index contributed by atoms with van der Waals surface area (Å²) in [4.78, 5) is 28.8. The predicted octanol–water partition coefficient (Wildman–Crippen LogP) is 2.83. The number of nitrogens with two attached hydrogens (primary N) is 1. The molecule has 2 atom stereocenters. The monoisotopic (exact) mass is 426 g/mol. The summed E-state index contributed by atoms with van der Waals surface area (Å²) in [5.41, 5.74) is 7.40. The molecule has 1 amide bonds. The molecule has 156 valence electrons. The molecule has 0 unspecified atom stereocenters. The number of halogens is 1. The number of benzene rings is 1. The molecule has 10 heteroatoms. The van der Waals surface area contributed by atoms with Crippen LogP contribution in [0.2, 0.25) is 5.02 Å². The van der Waals surface area contributed by atoms with Gasteiger partial charge in [-0.05, 0) is 32.4 Å². The Bertz CT molecular complexity index is 1080. The standard InChI is InChI=1S/C20H23ClN8O/c1-10(24-20-26-11(2)25-19(22)29-20)14-8-12-4-3-5-15(21)17(12)28-18(14)27-13-6-7-16(30)23-9-13/h3-5,8,10,13H,6-7,9H2,1-2H3,(H,23,30)(H,27,28)(H3,22,24,25,26,29)/t10-,13+/m0/s1. The van der Waals surface area contributed by atoms with Gasteiger partial charge in [0.2, 0.25) is 17.8 Å². The van der Waals surface area contributed by atoms with Gasteiger partial charge in [0, 0.05) is 30.0 Å². The van der Waals surface area contributed by atoms with E-state index in [9.17, 15) is 4.79 Å². The fourth-order valence-corrected chi connectivity index (χ4v) is 3.74. The molecule has 3 aromatic rings. The normalized spacial score (nSPS) is 17.4. The van der Waals surface area contributed by atoms with E-state index < -0.39 is 0 Å². The van der Waals surface area contributed by atoms with E-state index in [0.29, 0.717) is 35.6 Å². The number of nitrogens with zero attached hydrogens (tertiary/aromatic N) is 4. The number of carbonyl (C=O) groups is 1. The molecule has 1 aliphatic heterocycles. The highest BCUT2D eigenvalue weighted by molar-refractivity contribution is 6.35. The van der Waals surface area contributed by atoms with Crippen molar-refractivity contribution in [3.63, 3.8) is 0 Å². The second-order valence-electron chi connectivity index (χ2n) is 7.35. The minimum absolute atomic E-state index is 0.0700. The first-order chi connectivity index (χ1) is 14.4. The lowest BCUT2D eigenvalue weighted by Gasteiger charge is -2.26. The molecule has 9 nitrogen and oxygen atoms in total. The quantitative estimate of drug-likeness (QED) is 0.489. The number of para-hydroxylation sites is 1. The van der Waals surface area contributed by atoms with Crippen LogP contribution in [0.5, 0.6) is 0 Å². The first-order valence-corrected chi connectivity index (χ1v) is 10.1. The van der Waals surface area contributed by atoms with E-state index in [4.69, 9.17) is 22.3 Å². The van der Waals surface area contributed by atoms with E-state index in [1.807, 2.05) is 31.2 Å². The molecule has 1 saturated heterocycles. The van der Waals surface area contributed by atoms with E-state index in [-0.39, 0.29) is 23.9 Å². The summed E-state index contributed by atoms with van der Waals surface area (Å²) >= 11 is 6.38. The third-order valence-electron chi connectivity index (χ3n) is 5.01. The molecule has 0 bridgehead atoms. The topological polar surface area (TPSA) is 131 Å². The van der Waals surface area contributed by atoms with Gasteiger partial charge in [-0.25, -0.2) is 4.98 Å². The average molecular weight is 427 g/mol. The molecule has 0 aliphatic carbocycles. The highest BCUT2D eigenvalue weighted by Crippen LogP contribution is 2.31. The Labute approximate surface area is 178 Å². The number of rotatable bonds is 5. The Kier molecular flexibility index (Phi) is 5.54. The van der Waals surface area contributed by atoms with Crippen molar-refractivity contribution in [2.45, 2.75) is 38.8 Å². The number of fused-ring (bicyclic) bond motifs is 1. The van der Waals surface area contributed by atoms with Crippen molar-refractivity contribution in [3.8, 4) is 0 Å². The minimum atomic E-state index is -0.178. The third kappa shape index (κ3) is 4.35. The van der Waals surface area contributed by atoms with Crippen molar-refractivity contribution in [2.75, 3.05) is 22.9 Å². The van der Waals surface area contributed by atoms with Gasteiger partial charge in [-0.1, -0.05) is 23.7 Å². The number of piperidine rings is 1. The van der Waals surface area contributed by atoms with Crippen molar-refractivity contribution >= 4 is 46.1 Å². The van der Waals surface area contributed by atoms with Gasteiger partial charge in [0.25, 0.3) is 0 Å². The SMILES string of the molecule is Cc1nc(N)nc(N[C@@H](C)c2cc3cccc(Cl)c3nc2N[C@@H]2CCC(=O)NC2)n1. The van der Waals surface area contributed by atoms with Crippen molar-refractivity contribution in [1.29, 1.82) is 0 Å². The van der Waals surface area contributed by atoms with Gasteiger partial charge in [-0.2, -0.15) is 15.0 Å². The van der Waals surface area contributed by atoms with Crippen molar-refractivity contribution in [3.05, 3.63) is 40.7 Å². The largest absolute Gasteiger partial charge is 0.368 e. The molecule has 1 fully saturated rings. The summed E-state index contributed by atoms with van der Waals surface area (Å²) in [6.07, 6.45) is 1.22. The molecule has 5 N–H and O–H groups in total. The van der Waals surface area contributed by atoms with Crippen LogP contribution in [0, 0.1) is 6.92 Å². The number of carbonyl (C=O) groups excluding carboxylic acids is 1. The second kappa shape index (κ2) is 8.27. The van der Waals surface area contributed by atoms with Crippen LogP contribution in [0.3, 0.4) is 0 Å². The Morgan fingerprint density at radius 2 is 2.10 bits per heavy atom. The van der Waals surface area contributed by atoms with E-state index in [0.717, 1.165) is 22.9 Å². The minimum Gasteiger partial charge on any atom is -0.368 e. The van der Waals surface area contributed by atoms with Gasteiger partial charge in [-0.3, -0.25) is 4.79 Å². The van der Waals surface area contributed by atoms with E-state index in [2.05, 4.69) is 30.9 Å². The van der Waals surface area contributed by atoms with Gasteiger partial charge in [-0.15, -0.1) is 0 Å². The molecular weight excluding hydrogens is 404 g/mol. The van der Waals surface area contributed by atoms with Gasteiger partial charge in [0.1, 0.15) is 11.6 Å². The number of nitrogens with one attached hydrogen (secondary N) is 3. The number of aryl methyl sites for hydroxylation is 1. The lowest BCUT2D eigenvalue weighted by molar-refractivity contribution is -0.122. The summed E-state index contributed by atoms with van der Waals surface area (Å²) < 4.78 is 0. The number of nitrogen functional groups attached to an aromatic ring is 1. The number of hydrogen-bond donors (Lipinski definition) is 4. The Balaban J connectivity index is 1.69. The Hall–Kier alpha value is -3.20. The number of amides is 1. The van der Waals surface area contributed by atoms with Crippen LogP contribution in [0.15, 0.2) is 24.3 Å². The summed E-state index contributed by atoms with van der Waals surface area (Å²) in [5, 5.41) is 11.2. The van der Waals surface area contributed by atoms with Gasteiger partial charge in [0.15, 0.2) is 0 Å². The zero-order valence-corrected chi connectivity index (χ0v) is 17.5. The zero-order valence-electron chi connectivity index (χ0n) is 16.7. The van der Waals surface area contributed by atoms with Crippen LogP contribution in [-0.4, -0.2) is 38.4 Å². The maximum absolute atomic E-state index is 11.5. The zero-order chi connectivity index (χ0) is 21.3. The molecule has 1 aromatic carbocycles. The van der Waals surface area contributed by atoms with Crippen LogP contribution in [-0.2, 0) is 4.79 Å². The average Bonchev–Trinajstić information content (AvgIpc) is 2.69. The maximum Gasteiger partial charge on any atom is 0.228 e. The number of aromatic nitrogens is 4. The van der Waals surface area contributed by atoms with Crippen LogP contribution >= 0.6 is 11.6 Å². The van der Waals surface area contributed by atoms with Crippen LogP contribution < -0.4 is 21.7 Å². The van der Waals surface area contributed by atoms with Gasteiger partial charge < -0.3 is 21.7 Å². The number of hydrogen-bond acceptors (Lipinski definition) is 8. The molecule has 3 heterocycles. The lowest BCUT2D eigenvalue weighted by atomic mass is 10.0. The van der Waals surface area contributed by atoms with Gasteiger partial charge in [0.05, 0.1) is 16.6 Å². The van der Waals surface area contributed by atoms with Gasteiger partial charge >= 0.3 is 0 Å². The van der Waals surface area contributed by atoms with Crippen molar-refractivity contribution < 1.29 is 4.79 Å². The Morgan fingerprint density at radius 1 is 1.27 bits per heavy atom. The summed E-state index contributed by atoms with van der Waals surface area (Å²) in [7, 11) is 0. The summed E-state index contributed by atoms with van der Waals surface area (Å²) in [5.74, 6) is 1.87. The van der Waals surface area contributed by atoms with E-state index >= 15 is 0 Å². The first kappa shape index (κ1) is 20.1. The summed E-state index contributed by atoms with van der Waals surface area (Å²) in [6, 6.07) is 7.64. The smallest absolute Gasteiger partial charge is 0.228 e.